The lowest BCUT2D eigenvalue weighted by Gasteiger charge is -2.15. The number of nitrogens with two attached hydrogens (primary N) is 1. The molecule has 0 aliphatic rings. The van der Waals surface area contributed by atoms with Crippen molar-refractivity contribution >= 4 is 5.91 Å². The number of hydrogen-bond acceptors (Lipinski definition) is 3. The molecule has 0 spiro atoms. The summed E-state index contributed by atoms with van der Waals surface area (Å²) in [6.07, 6.45) is 3.84. The van der Waals surface area contributed by atoms with Gasteiger partial charge in [-0.1, -0.05) is 43.7 Å². The van der Waals surface area contributed by atoms with Crippen molar-refractivity contribution < 1.29 is 14.3 Å². The molecule has 0 aliphatic heterocycles. The molecule has 3 aromatic rings. The molecule has 1 heterocycles. The van der Waals surface area contributed by atoms with E-state index in [1.54, 1.807) is 14.2 Å². The van der Waals surface area contributed by atoms with Gasteiger partial charge < -0.3 is 19.8 Å². The highest BCUT2D eigenvalue weighted by Crippen LogP contribution is 2.36. The molecular formula is C27H34N2O3. The summed E-state index contributed by atoms with van der Waals surface area (Å²) in [5, 5.41) is 0. The third kappa shape index (κ3) is 4.67. The summed E-state index contributed by atoms with van der Waals surface area (Å²) in [4.78, 5) is 12.6. The summed E-state index contributed by atoms with van der Waals surface area (Å²) < 4.78 is 13.1. The van der Waals surface area contributed by atoms with Crippen LogP contribution < -0.4 is 15.2 Å². The van der Waals surface area contributed by atoms with Crippen LogP contribution in [0.25, 0.3) is 11.1 Å². The van der Waals surface area contributed by atoms with Gasteiger partial charge in [0.15, 0.2) is 11.5 Å². The molecule has 0 saturated heterocycles. The lowest BCUT2D eigenvalue weighted by molar-refractivity contribution is 0.1000. The molecular weight excluding hydrogens is 400 g/mol. The fraction of sp³-hybridized carbons (Fsp3) is 0.370. The highest BCUT2D eigenvalue weighted by atomic mass is 16.5. The second-order valence-corrected chi connectivity index (χ2v) is 8.16. The van der Waals surface area contributed by atoms with E-state index >= 15 is 0 Å². The van der Waals surface area contributed by atoms with Crippen LogP contribution in [-0.4, -0.2) is 24.7 Å². The van der Waals surface area contributed by atoms with E-state index in [-0.39, 0.29) is 5.91 Å². The third-order valence-corrected chi connectivity index (χ3v) is 6.13. The predicted octanol–water partition coefficient (Wildman–Crippen LogP) is 5.47. The van der Waals surface area contributed by atoms with E-state index in [1.165, 1.54) is 5.69 Å². The number of aryl methyl sites for hydroxylation is 2. The number of ether oxygens (including phenoxy) is 2. The van der Waals surface area contributed by atoms with Crippen LogP contribution >= 0.6 is 0 Å². The van der Waals surface area contributed by atoms with Crippen LogP contribution in [0.1, 0.15) is 52.6 Å². The highest BCUT2D eigenvalue weighted by Gasteiger charge is 2.25. The normalized spacial score (nSPS) is 10.9. The Morgan fingerprint density at radius 2 is 1.72 bits per heavy atom. The maximum Gasteiger partial charge on any atom is 0.251 e. The van der Waals surface area contributed by atoms with Gasteiger partial charge in [0.2, 0.25) is 0 Å². The summed E-state index contributed by atoms with van der Waals surface area (Å²) in [6.45, 7) is 7.03. The number of aromatic nitrogens is 1. The van der Waals surface area contributed by atoms with Crippen molar-refractivity contribution in [2.45, 2.75) is 53.0 Å². The van der Waals surface area contributed by atoms with Crippen molar-refractivity contribution in [2.75, 3.05) is 14.2 Å². The van der Waals surface area contributed by atoms with Crippen LogP contribution in [0.15, 0.2) is 42.5 Å². The van der Waals surface area contributed by atoms with Crippen LogP contribution in [0.3, 0.4) is 0 Å². The number of amides is 1. The van der Waals surface area contributed by atoms with Crippen molar-refractivity contribution in [3.05, 3.63) is 70.5 Å². The van der Waals surface area contributed by atoms with Crippen molar-refractivity contribution in [2.24, 2.45) is 5.73 Å². The van der Waals surface area contributed by atoms with E-state index in [0.29, 0.717) is 5.56 Å². The minimum absolute atomic E-state index is 0.372. The van der Waals surface area contributed by atoms with E-state index < -0.39 is 0 Å². The van der Waals surface area contributed by atoms with Crippen LogP contribution in [0.4, 0.5) is 0 Å². The van der Waals surface area contributed by atoms with Crippen LogP contribution in [0.2, 0.25) is 0 Å². The first-order chi connectivity index (χ1) is 15.4. The Hall–Kier alpha value is -3.21. The minimum Gasteiger partial charge on any atom is -0.493 e. The van der Waals surface area contributed by atoms with Gasteiger partial charge in [-0.05, 0) is 61.9 Å². The van der Waals surface area contributed by atoms with E-state index in [2.05, 4.69) is 36.6 Å². The molecule has 1 aromatic heterocycles. The number of rotatable bonds is 10. The van der Waals surface area contributed by atoms with E-state index in [0.717, 1.165) is 71.7 Å². The summed E-state index contributed by atoms with van der Waals surface area (Å²) in [6, 6.07) is 14.2. The number of primary amides is 1. The van der Waals surface area contributed by atoms with Crippen molar-refractivity contribution in [3.8, 4) is 22.6 Å². The maximum atomic E-state index is 12.6. The summed E-state index contributed by atoms with van der Waals surface area (Å²) in [5.74, 6) is 1.07. The monoisotopic (exact) mass is 434 g/mol. The lowest BCUT2D eigenvalue weighted by atomic mass is 9.94. The Balaban J connectivity index is 2.08. The first kappa shape index (κ1) is 23.5. The molecule has 0 unspecified atom stereocenters. The molecule has 5 nitrogen and oxygen atoms in total. The standard InChI is InChI=1S/C27H34N2O3/c1-6-7-12-22-26(21-11-9-8-10-18(21)2)25(27(28)30)19(3)29(22)16-15-20-13-14-23(31-4)24(17-20)32-5/h8-11,13-14,17H,6-7,12,15-16H2,1-5H3,(H2,28,30). The SMILES string of the molecule is CCCCc1c(-c2ccccc2C)c(C(N)=O)c(C)n1CCc1ccc(OC)c(OC)c1. The molecule has 32 heavy (non-hydrogen) atoms. The van der Waals surface area contributed by atoms with Crippen molar-refractivity contribution in [1.82, 2.24) is 4.57 Å². The molecule has 0 radical (unpaired) electrons. The van der Waals surface area contributed by atoms with Crippen molar-refractivity contribution in [3.63, 3.8) is 0 Å². The van der Waals surface area contributed by atoms with E-state index in [1.807, 2.05) is 31.2 Å². The molecule has 2 N–H and O–H groups in total. The molecule has 2 aromatic carbocycles. The van der Waals surface area contributed by atoms with E-state index in [4.69, 9.17) is 15.2 Å². The molecule has 170 valence electrons. The second kappa shape index (κ2) is 10.4. The molecule has 5 heteroatoms. The molecule has 3 rings (SSSR count). The highest BCUT2D eigenvalue weighted by molar-refractivity contribution is 6.02. The Morgan fingerprint density at radius 3 is 2.34 bits per heavy atom. The first-order valence-electron chi connectivity index (χ1n) is 11.2. The Bertz CT molecular complexity index is 1100. The molecule has 0 atom stereocenters. The largest absolute Gasteiger partial charge is 0.493 e. The smallest absolute Gasteiger partial charge is 0.251 e. The zero-order valence-corrected chi connectivity index (χ0v) is 19.8. The number of unbranched alkanes of at least 4 members (excludes halogenated alkanes) is 1. The number of benzene rings is 2. The van der Waals surface area contributed by atoms with Gasteiger partial charge >= 0.3 is 0 Å². The summed E-state index contributed by atoms with van der Waals surface area (Å²) in [5.41, 5.74) is 13.0. The average molecular weight is 435 g/mol. The van der Waals surface area contributed by atoms with Gasteiger partial charge in [-0.2, -0.15) is 0 Å². The number of carbonyl (C=O) groups excluding carboxylic acids is 1. The van der Waals surface area contributed by atoms with Crippen LogP contribution in [-0.2, 0) is 19.4 Å². The van der Waals surface area contributed by atoms with Gasteiger partial charge in [0.1, 0.15) is 0 Å². The summed E-state index contributed by atoms with van der Waals surface area (Å²) >= 11 is 0. The lowest BCUT2D eigenvalue weighted by Crippen LogP contribution is -2.14. The quantitative estimate of drug-likeness (QED) is 0.460. The molecule has 0 bridgehead atoms. The fourth-order valence-corrected chi connectivity index (χ4v) is 4.43. The number of carbonyl (C=O) groups is 1. The van der Waals surface area contributed by atoms with E-state index in [9.17, 15) is 4.79 Å². The fourth-order valence-electron chi connectivity index (χ4n) is 4.43. The Morgan fingerprint density at radius 1 is 1.00 bits per heavy atom. The molecule has 0 saturated carbocycles. The topological polar surface area (TPSA) is 66.5 Å². The maximum absolute atomic E-state index is 12.6. The zero-order valence-electron chi connectivity index (χ0n) is 19.8. The van der Waals surface area contributed by atoms with Crippen molar-refractivity contribution in [1.29, 1.82) is 0 Å². The number of hydrogen-bond donors (Lipinski definition) is 1. The van der Waals surface area contributed by atoms with Gasteiger partial charge in [0.05, 0.1) is 19.8 Å². The molecule has 1 amide bonds. The third-order valence-electron chi connectivity index (χ3n) is 6.13. The number of nitrogens with zero attached hydrogens (tertiary/aromatic N) is 1. The predicted molar refractivity (Wildman–Crippen MR) is 130 cm³/mol. The molecule has 0 aliphatic carbocycles. The van der Waals surface area contributed by atoms with Gasteiger partial charge in [0, 0.05) is 23.5 Å². The summed E-state index contributed by atoms with van der Waals surface area (Å²) in [7, 11) is 3.29. The number of methoxy groups -OCH3 is 2. The molecule has 0 fully saturated rings. The minimum atomic E-state index is -0.372. The van der Waals surface area contributed by atoms with Gasteiger partial charge in [0.25, 0.3) is 5.91 Å². The first-order valence-corrected chi connectivity index (χ1v) is 11.2. The van der Waals surface area contributed by atoms with Crippen LogP contribution in [0.5, 0.6) is 11.5 Å². The zero-order chi connectivity index (χ0) is 23.3. The second-order valence-electron chi connectivity index (χ2n) is 8.16. The van der Waals surface area contributed by atoms with Gasteiger partial charge in [-0.25, -0.2) is 0 Å². The van der Waals surface area contributed by atoms with Gasteiger partial charge in [-0.15, -0.1) is 0 Å². The average Bonchev–Trinajstić information content (AvgIpc) is 3.07. The Kier molecular flexibility index (Phi) is 7.62. The van der Waals surface area contributed by atoms with Gasteiger partial charge in [-0.3, -0.25) is 4.79 Å². The van der Waals surface area contributed by atoms with Crippen LogP contribution in [0, 0.1) is 13.8 Å². The Labute approximate surface area is 191 Å².